The summed E-state index contributed by atoms with van der Waals surface area (Å²) in [6, 6.07) is 15.4. The van der Waals surface area contributed by atoms with Crippen molar-refractivity contribution in [2.45, 2.75) is 31.1 Å². The van der Waals surface area contributed by atoms with Crippen molar-refractivity contribution in [2.75, 3.05) is 5.88 Å². The van der Waals surface area contributed by atoms with Gasteiger partial charge < -0.3 is 0 Å². The lowest BCUT2D eigenvalue weighted by molar-refractivity contribution is 0.396. The molecule has 1 aliphatic rings. The van der Waals surface area contributed by atoms with E-state index in [1.165, 1.54) is 29.7 Å². The summed E-state index contributed by atoms with van der Waals surface area (Å²) in [5, 5.41) is 0. The van der Waals surface area contributed by atoms with Gasteiger partial charge in [0.1, 0.15) is 5.82 Å². The Morgan fingerprint density at radius 1 is 1.05 bits per heavy atom. The molecule has 0 N–H and O–H groups in total. The van der Waals surface area contributed by atoms with Crippen LogP contribution in [0.1, 0.15) is 29.5 Å². The Balaban J connectivity index is 1.98. The summed E-state index contributed by atoms with van der Waals surface area (Å²) in [6.45, 7) is 0. The Labute approximate surface area is 124 Å². The van der Waals surface area contributed by atoms with Gasteiger partial charge in [0.05, 0.1) is 0 Å². The number of hydrogen-bond acceptors (Lipinski definition) is 0. The van der Waals surface area contributed by atoms with Crippen LogP contribution in [0.3, 0.4) is 0 Å². The summed E-state index contributed by atoms with van der Waals surface area (Å²) >= 11 is 6.37. The molecule has 0 aromatic heterocycles. The predicted octanol–water partition coefficient (Wildman–Crippen LogP) is 4.88. The van der Waals surface area contributed by atoms with Gasteiger partial charge in [-0.1, -0.05) is 36.4 Å². The third kappa shape index (κ3) is 2.47. The minimum Gasteiger partial charge on any atom is -0.207 e. The lowest BCUT2D eigenvalue weighted by Crippen LogP contribution is -2.35. The molecule has 1 atom stereocenters. The monoisotopic (exact) mass is 288 g/mol. The first-order valence-electron chi connectivity index (χ1n) is 7.12. The highest BCUT2D eigenvalue weighted by molar-refractivity contribution is 6.18. The van der Waals surface area contributed by atoms with Crippen LogP contribution in [0.2, 0.25) is 0 Å². The molecule has 1 aliphatic carbocycles. The molecule has 1 unspecified atom stereocenters. The van der Waals surface area contributed by atoms with Gasteiger partial charge >= 0.3 is 0 Å². The number of aryl methyl sites for hydroxylation is 1. The van der Waals surface area contributed by atoms with Crippen LogP contribution in [0.4, 0.5) is 4.39 Å². The van der Waals surface area contributed by atoms with Gasteiger partial charge in [-0.05, 0) is 54.5 Å². The van der Waals surface area contributed by atoms with Crippen LogP contribution in [0.15, 0.2) is 48.5 Å². The molecule has 2 heteroatoms. The van der Waals surface area contributed by atoms with Crippen LogP contribution in [0.25, 0.3) is 0 Å². The Hall–Kier alpha value is -1.34. The van der Waals surface area contributed by atoms with Gasteiger partial charge in [0.25, 0.3) is 0 Å². The van der Waals surface area contributed by atoms with Crippen molar-refractivity contribution in [3.8, 4) is 0 Å². The number of rotatable bonds is 3. The Morgan fingerprint density at radius 3 is 2.55 bits per heavy atom. The fraction of sp³-hybridized carbons (Fsp3) is 0.333. The Kier molecular flexibility index (Phi) is 3.80. The summed E-state index contributed by atoms with van der Waals surface area (Å²) in [5.74, 6) is 0.430. The van der Waals surface area contributed by atoms with Gasteiger partial charge in [-0.25, -0.2) is 4.39 Å². The number of hydrogen-bond donors (Lipinski definition) is 0. The molecule has 3 rings (SSSR count). The van der Waals surface area contributed by atoms with E-state index in [2.05, 4.69) is 24.3 Å². The maximum absolute atomic E-state index is 13.1. The highest BCUT2D eigenvalue weighted by atomic mass is 35.5. The van der Waals surface area contributed by atoms with Crippen LogP contribution >= 0.6 is 11.6 Å². The molecule has 2 aromatic carbocycles. The molecule has 0 saturated heterocycles. The van der Waals surface area contributed by atoms with Crippen molar-refractivity contribution in [1.82, 2.24) is 0 Å². The fourth-order valence-electron chi connectivity index (χ4n) is 3.37. The van der Waals surface area contributed by atoms with Gasteiger partial charge in [-0.3, -0.25) is 0 Å². The van der Waals surface area contributed by atoms with Crippen LogP contribution in [-0.2, 0) is 18.3 Å². The summed E-state index contributed by atoms with van der Waals surface area (Å²) in [6.07, 6.45) is 4.29. The molecular weight excluding hydrogens is 271 g/mol. The molecular formula is C18H18ClF. The molecule has 104 valence electrons. The Bertz CT molecular complexity index is 591. The molecule has 0 heterocycles. The zero-order chi connectivity index (χ0) is 14.0. The molecule has 0 amide bonds. The number of halogens is 2. The van der Waals surface area contributed by atoms with E-state index in [4.69, 9.17) is 11.6 Å². The third-order valence-corrected chi connectivity index (χ3v) is 4.91. The van der Waals surface area contributed by atoms with Crippen LogP contribution in [0.5, 0.6) is 0 Å². The summed E-state index contributed by atoms with van der Waals surface area (Å²) in [7, 11) is 0. The molecule has 0 spiro atoms. The van der Waals surface area contributed by atoms with Gasteiger partial charge in [0.2, 0.25) is 0 Å². The average Bonchev–Trinajstić information content (AvgIpc) is 2.50. The van der Waals surface area contributed by atoms with Crippen LogP contribution < -0.4 is 0 Å². The van der Waals surface area contributed by atoms with E-state index >= 15 is 0 Å². The minimum absolute atomic E-state index is 0.00573. The maximum Gasteiger partial charge on any atom is 0.123 e. The first kappa shape index (κ1) is 13.6. The predicted molar refractivity (Wildman–Crippen MR) is 81.9 cm³/mol. The second-order valence-corrected chi connectivity index (χ2v) is 6.00. The van der Waals surface area contributed by atoms with Crippen molar-refractivity contribution in [1.29, 1.82) is 0 Å². The molecule has 20 heavy (non-hydrogen) atoms. The largest absolute Gasteiger partial charge is 0.207 e. The molecule has 0 aliphatic heterocycles. The highest BCUT2D eigenvalue weighted by Gasteiger charge is 2.35. The fourth-order valence-corrected chi connectivity index (χ4v) is 3.74. The Morgan fingerprint density at radius 2 is 1.80 bits per heavy atom. The first-order chi connectivity index (χ1) is 9.73. The van der Waals surface area contributed by atoms with E-state index in [-0.39, 0.29) is 11.2 Å². The molecule has 0 bridgehead atoms. The van der Waals surface area contributed by atoms with E-state index < -0.39 is 0 Å². The van der Waals surface area contributed by atoms with E-state index in [1.807, 2.05) is 12.1 Å². The van der Waals surface area contributed by atoms with Crippen molar-refractivity contribution in [2.24, 2.45) is 0 Å². The number of alkyl halides is 1. The summed E-state index contributed by atoms with van der Waals surface area (Å²) in [4.78, 5) is 0. The number of benzene rings is 2. The lowest BCUT2D eigenvalue weighted by Gasteiger charge is -2.38. The van der Waals surface area contributed by atoms with E-state index in [9.17, 15) is 4.39 Å². The molecule has 0 radical (unpaired) electrons. The zero-order valence-corrected chi connectivity index (χ0v) is 12.2. The van der Waals surface area contributed by atoms with E-state index in [1.54, 1.807) is 0 Å². The van der Waals surface area contributed by atoms with Crippen molar-refractivity contribution < 1.29 is 4.39 Å². The summed E-state index contributed by atoms with van der Waals surface area (Å²) in [5.41, 5.74) is 3.95. The van der Waals surface area contributed by atoms with Crippen LogP contribution in [-0.4, -0.2) is 5.88 Å². The smallest absolute Gasteiger partial charge is 0.123 e. The van der Waals surface area contributed by atoms with Gasteiger partial charge in [0.15, 0.2) is 0 Å². The van der Waals surface area contributed by atoms with Crippen molar-refractivity contribution in [3.63, 3.8) is 0 Å². The van der Waals surface area contributed by atoms with Crippen molar-refractivity contribution >= 4 is 11.6 Å². The van der Waals surface area contributed by atoms with Crippen LogP contribution in [0, 0.1) is 5.82 Å². The van der Waals surface area contributed by atoms with Gasteiger partial charge in [-0.15, -0.1) is 11.6 Å². The second-order valence-electron chi connectivity index (χ2n) is 5.73. The average molecular weight is 289 g/mol. The maximum atomic E-state index is 13.1. The molecule has 0 fully saturated rings. The topological polar surface area (TPSA) is 0 Å². The van der Waals surface area contributed by atoms with Gasteiger partial charge in [0, 0.05) is 11.3 Å². The van der Waals surface area contributed by atoms with E-state index in [0.717, 1.165) is 24.8 Å². The second kappa shape index (κ2) is 5.57. The number of fused-ring (bicyclic) bond motifs is 1. The molecule has 0 saturated carbocycles. The normalized spacial score (nSPS) is 21.5. The van der Waals surface area contributed by atoms with Crippen molar-refractivity contribution in [3.05, 3.63) is 71.0 Å². The standard InChI is InChI=1S/C18H18ClF/c19-13-18(12-14-7-9-16(20)10-8-14)11-3-5-15-4-1-2-6-17(15)18/h1-2,4,6-10H,3,5,11-13H2. The molecule has 2 aromatic rings. The summed E-state index contributed by atoms with van der Waals surface area (Å²) < 4.78 is 13.1. The SMILES string of the molecule is Fc1ccc(CC2(CCl)CCCc3ccccc32)cc1. The quantitative estimate of drug-likeness (QED) is 0.706. The highest BCUT2D eigenvalue weighted by Crippen LogP contribution is 2.40. The van der Waals surface area contributed by atoms with E-state index in [0.29, 0.717) is 5.88 Å². The third-order valence-electron chi connectivity index (χ3n) is 4.40. The lowest BCUT2D eigenvalue weighted by atomic mass is 9.68. The minimum atomic E-state index is -0.183. The first-order valence-corrected chi connectivity index (χ1v) is 7.66. The molecule has 0 nitrogen and oxygen atoms in total. The van der Waals surface area contributed by atoms with Gasteiger partial charge in [-0.2, -0.15) is 0 Å². The zero-order valence-electron chi connectivity index (χ0n) is 11.4.